The molecule has 0 amide bonds. The van der Waals surface area contributed by atoms with Gasteiger partial charge in [-0.15, -0.1) is 11.8 Å². The maximum atomic E-state index is 6.02. The molecule has 18 heavy (non-hydrogen) atoms. The van der Waals surface area contributed by atoms with Crippen LogP contribution in [0.2, 0.25) is 0 Å². The van der Waals surface area contributed by atoms with Gasteiger partial charge in [0, 0.05) is 18.0 Å². The zero-order valence-corrected chi connectivity index (χ0v) is 11.7. The van der Waals surface area contributed by atoms with Gasteiger partial charge in [0.25, 0.3) is 0 Å². The van der Waals surface area contributed by atoms with E-state index in [9.17, 15) is 0 Å². The first-order valence-electron chi connectivity index (χ1n) is 6.47. The monoisotopic (exact) mass is 263 g/mol. The summed E-state index contributed by atoms with van der Waals surface area (Å²) in [6, 6.07) is 8.51. The van der Waals surface area contributed by atoms with Crippen LogP contribution in [0.4, 0.5) is 0 Å². The van der Waals surface area contributed by atoms with Gasteiger partial charge < -0.3 is 10.6 Å². The van der Waals surface area contributed by atoms with Gasteiger partial charge in [0.2, 0.25) is 0 Å². The standard InChI is InChI=1S/C14H21N3S/c1-18-13-7-5-12(6-8-13)11-16-14(15)17-9-3-2-4-10-17/h5-8H,2-4,9-11H2,1H3,(H2,15,16). The molecule has 1 aromatic carbocycles. The molecular formula is C14H21N3S. The van der Waals surface area contributed by atoms with Crippen LogP contribution in [0.1, 0.15) is 24.8 Å². The molecule has 4 heteroatoms. The van der Waals surface area contributed by atoms with Crippen LogP contribution < -0.4 is 5.73 Å². The van der Waals surface area contributed by atoms with Gasteiger partial charge >= 0.3 is 0 Å². The molecule has 1 fully saturated rings. The van der Waals surface area contributed by atoms with E-state index in [1.807, 2.05) is 0 Å². The molecule has 1 aliphatic rings. The molecule has 0 saturated carbocycles. The summed E-state index contributed by atoms with van der Waals surface area (Å²) in [5.41, 5.74) is 7.24. The molecule has 98 valence electrons. The van der Waals surface area contributed by atoms with Crippen molar-refractivity contribution in [3.05, 3.63) is 29.8 Å². The summed E-state index contributed by atoms with van der Waals surface area (Å²) >= 11 is 1.76. The normalized spacial score (nSPS) is 16.9. The minimum absolute atomic E-state index is 0.678. The quantitative estimate of drug-likeness (QED) is 0.518. The van der Waals surface area contributed by atoms with E-state index in [0.29, 0.717) is 12.5 Å². The summed E-state index contributed by atoms with van der Waals surface area (Å²) < 4.78 is 0. The van der Waals surface area contributed by atoms with Crippen molar-refractivity contribution in [2.24, 2.45) is 10.7 Å². The first-order valence-corrected chi connectivity index (χ1v) is 7.70. The van der Waals surface area contributed by atoms with Crippen LogP contribution >= 0.6 is 11.8 Å². The Kier molecular flexibility index (Phi) is 4.93. The predicted octanol–water partition coefficient (Wildman–Crippen LogP) is 2.71. The van der Waals surface area contributed by atoms with Crippen LogP contribution in [0.5, 0.6) is 0 Å². The van der Waals surface area contributed by atoms with E-state index in [4.69, 9.17) is 5.73 Å². The molecule has 1 aliphatic heterocycles. The third kappa shape index (κ3) is 3.67. The van der Waals surface area contributed by atoms with Gasteiger partial charge in [0.05, 0.1) is 6.54 Å². The molecule has 1 saturated heterocycles. The third-order valence-corrected chi connectivity index (χ3v) is 4.01. The molecular weight excluding hydrogens is 242 g/mol. The Bertz CT molecular complexity index is 394. The molecule has 1 heterocycles. The highest BCUT2D eigenvalue weighted by Gasteiger charge is 2.11. The predicted molar refractivity (Wildman–Crippen MR) is 79.0 cm³/mol. The number of likely N-dealkylation sites (tertiary alicyclic amines) is 1. The number of benzene rings is 1. The minimum atomic E-state index is 0.678. The van der Waals surface area contributed by atoms with Crippen molar-refractivity contribution in [2.45, 2.75) is 30.7 Å². The largest absolute Gasteiger partial charge is 0.370 e. The van der Waals surface area contributed by atoms with Gasteiger partial charge in [0.15, 0.2) is 5.96 Å². The van der Waals surface area contributed by atoms with Gasteiger partial charge in [-0.1, -0.05) is 12.1 Å². The lowest BCUT2D eigenvalue weighted by molar-refractivity contribution is 0.338. The van der Waals surface area contributed by atoms with Crippen LogP contribution in [-0.4, -0.2) is 30.2 Å². The van der Waals surface area contributed by atoms with Crippen molar-refractivity contribution < 1.29 is 0 Å². The summed E-state index contributed by atoms with van der Waals surface area (Å²) in [6.07, 6.45) is 5.87. The number of hydrogen-bond donors (Lipinski definition) is 1. The van der Waals surface area contributed by atoms with E-state index < -0.39 is 0 Å². The Labute approximate surface area is 113 Å². The van der Waals surface area contributed by atoms with Crippen molar-refractivity contribution in [3.63, 3.8) is 0 Å². The van der Waals surface area contributed by atoms with Gasteiger partial charge in [-0.3, -0.25) is 0 Å². The lowest BCUT2D eigenvalue weighted by Crippen LogP contribution is -2.40. The fourth-order valence-corrected chi connectivity index (χ4v) is 2.53. The van der Waals surface area contributed by atoms with E-state index in [1.54, 1.807) is 11.8 Å². The topological polar surface area (TPSA) is 41.6 Å². The molecule has 0 unspecified atom stereocenters. The summed E-state index contributed by atoms with van der Waals surface area (Å²) in [5, 5.41) is 0. The maximum Gasteiger partial charge on any atom is 0.191 e. The van der Waals surface area contributed by atoms with E-state index in [0.717, 1.165) is 13.1 Å². The smallest absolute Gasteiger partial charge is 0.191 e. The Balaban J connectivity index is 1.91. The first-order chi connectivity index (χ1) is 8.79. The Morgan fingerprint density at radius 3 is 2.50 bits per heavy atom. The van der Waals surface area contributed by atoms with Crippen LogP contribution in [0.15, 0.2) is 34.2 Å². The van der Waals surface area contributed by atoms with Gasteiger partial charge in [0.1, 0.15) is 0 Å². The second-order valence-electron chi connectivity index (χ2n) is 4.57. The number of aliphatic imine (C=N–C) groups is 1. The molecule has 0 spiro atoms. The molecule has 0 aliphatic carbocycles. The fourth-order valence-electron chi connectivity index (χ4n) is 2.13. The maximum absolute atomic E-state index is 6.02. The van der Waals surface area contributed by atoms with Crippen molar-refractivity contribution >= 4 is 17.7 Å². The summed E-state index contributed by atoms with van der Waals surface area (Å²) in [6.45, 7) is 2.79. The van der Waals surface area contributed by atoms with E-state index >= 15 is 0 Å². The average molecular weight is 263 g/mol. The molecule has 0 bridgehead atoms. The third-order valence-electron chi connectivity index (χ3n) is 3.26. The van der Waals surface area contributed by atoms with Crippen molar-refractivity contribution in [2.75, 3.05) is 19.3 Å². The first kappa shape index (κ1) is 13.3. The average Bonchev–Trinajstić information content (AvgIpc) is 2.46. The molecule has 2 N–H and O–H groups in total. The number of hydrogen-bond acceptors (Lipinski definition) is 2. The van der Waals surface area contributed by atoms with Crippen LogP contribution in [0.3, 0.4) is 0 Å². The Morgan fingerprint density at radius 1 is 1.22 bits per heavy atom. The molecule has 3 nitrogen and oxygen atoms in total. The highest BCUT2D eigenvalue weighted by Crippen LogP contribution is 2.15. The summed E-state index contributed by atoms with van der Waals surface area (Å²) in [5.74, 6) is 0.698. The second-order valence-corrected chi connectivity index (χ2v) is 5.45. The Hall–Kier alpha value is -1.16. The molecule has 0 radical (unpaired) electrons. The van der Waals surface area contributed by atoms with Crippen LogP contribution in [0.25, 0.3) is 0 Å². The van der Waals surface area contributed by atoms with Gasteiger partial charge in [-0.25, -0.2) is 4.99 Å². The zero-order valence-electron chi connectivity index (χ0n) is 10.9. The zero-order chi connectivity index (χ0) is 12.8. The number of rotatable bonds is 3. The lowest BCUT2D eigenvalue weighted by atomic mass is 10.1. The van der Waals surface area contributed by atoms with Crippen LogP contribution in [0, 0.1) is 0 Å². The van der Waals surface area contributed by atoms with Gasteiger partial charge in [-0.2, -0.15) is 0 Å². The van der Waals surface area contributed by atoms with Crippen molar-refractivity contribution in [1.29, 1.82) is 0 Å². The highest BCUT2D eigenvalue weighted by molar-refractivity contribution is 7.98. The van der Waals surface area contributed by atoms with E-state index in [-0.39, 0.29) is 0 Å². The van der Waals surface area contributed by atoms with Crippen LogP contribution in [-0.2, 0) is 6.54 Å². The Morgan fingerprint density at radius 2 is 1.89 bits per heavy atom. The summed E-state index contributed by atoms with van der Waals surface area (Å²) in [4.78, 5) is 7.97. The summed E-state index contributed by atoms with van der Waals surface area (Å²) in [7, 11) is 0. The minimum Gasteiger partial charge on any atom is -0.370 e. The van der Waals surface area contributed by atoms with Gasteiger partial charge in [-0.05, 0) is 43.2 Å². The number of nitrogens with two attached hydrogens (primary N) is 1. The highest BCUT2D eigenvalue weighted by atomic mass is 32.2. The number of nitrogens with zero attached hydrogens (tertiary/aromatic N) is 2. The molecule has 2 rings (SSSR count). The van der Waals surface area contributed by atoms with Crippen molar-refractivity contribution in [3.8, 4) is 0 Å². The van der Waals surface area contributed by atoms with E-state index in [2.05, 4.69) is 40.4 Å². The number of thioether (sulfide) groups is 1. The van der Waals surface area contributed by atoms with E-state index in [1.165, 1.54) is 29.7 Å². The SMILES string of the molecule is CSc1ccc(CN=C(N)N2CCCCC2)cc1. The number of piperidine rings is 1. The fraction of sp³-hybridized carbons (Fsp3) is 0.500. The molecule has 0 aromatic heterocycles. The molecule has 1 aromatic rings. The van der Waals surface area contributed by atoms with Crippen molar-refractivity contribution in [1.82, 2.24) is 4.90 Å². The second kappa shape index (κ2) is 6.69. The molecule has 0 atom stereocenters. The number of guanidine groups is 1. The lowest BCUT2D eigenvalue weighted by Gasteiger charge is -2.27.